The molecule has 45 heavy (non-hydrogen) atoms. The average Bonchev–Trinajstić information content (AvgIpc) is 3.58. The zero-order valence-corrected chi connectivity index (χ0v) is 26.9. The standard InChI is InChI=1S/C27H37N6O10PS/c1-15-30-18-20(31-24(28)32-21(18)35)33(15)22-27(4)19(42-25(37)43-27)17(41-22)13-40-44(38,29-12-16-8-6-5-7-9-16)39-10-11-45-23(36)26(2,3)14-34/h5-9,15,17,19,22,30,34H,10-14H2,1-4H3,(H,29,38)(H3,28,31,32,35)/t15?,17-,19?,22-,27?,44?/m1/s1. The van der Waals surface area contributed by atoms with Crippen LogP contribution in [0.2, 0.25) is 0 Å². The predicted octanol–water partition coefficient (Wildman–Crippen LogP) is 2.16. The molecule has 1 aromatic carbocycles. The van der Waals surface area contributed by atoms with Crippen LogP contribution in [0.4, 0.5) is 22.2 Å². The molecular weight excluding hydrogens is 631 g/mol. The van der Waals surface area contributed by atoms with Gasteiger partial charge in [-0.3, -0.25) is 23.6 Å². The molecule has 6 atom stereocenters. The fourth-order valence-corrected chi connectivity index (χ4v) is 7.40. The fraction of sp³-hybridized carbons (Fsp3) is 0.556. The van der Waals surface area contributed by atoms with Gasteiger partial charge >= 0.3 is 13.9 Å². The van der Waals surface area contributed by atoms with Crippen molar-refractivity contribution in [1.29, 1.82) is 0 Å². The number of nitrogens with zero attached hydrogens (tertiary/aromatic N) is 2. The number of carbonyl (C=O) groups excluding carboxylic acids is 2. The monoisotopic (exact) mass is 668 g/mol. The first-order chi connectivity index (χ1) is 21.3. The Morgan fingerprint density at radius 2 is 2.02 bits per heavy atom. The minimum absolute atomic E-state index is 0.110. The first-order valence-corrected chi connectivity index (χ1v) is 16.8. The summed E-state index contributed by atoms with van der Waals surface area (Å²) in [6.45, 7) is 6.02. The number of rotatable bonds is 13. The van der Waals surface area contributed by atoms with Crippen LogP contribution in [-0.4, -0.2) is 82.1 Å². The number of aliphatic hydroxyl groups is 1. The van der Waals surface area contributed by atoms with E-state index in [1.54, 1.807) is 32.6 Å². The maximum atomic E-state index is 13.9. The molecule has 2 aromatic rings. The van der Waals surface area contributed by atoms with E-state index in [-0.39, 0.29) is 54.7 Å². The van der Waals surface area contributed by atoms with E-state index >= 15 is 0 Å². The van der Waals surface area contributed by atoms with Crippen molar-refractivity contribution in [3.63, 3.8) is 0 Å². The van der Waals surface area contributed by atoms with E-state index < -0.39 is 55.1 Å². The van der Waals surface area contributed by atoms with Crippen LogP contribution in [0.5, 0.6) is 0 Å². The third kappa shape index (κ3) is 6.84. The quantitative estimate of drug-likeness (QED) is 0.117. The van der Waals surface area contributed by atoms with Crippen molar-refractivity contribution in [2.24, 2.45) is 5.41 Å². The number of aliphatic hydroxyl groups excluding tert-OH is 1. The number of carbonyl (C=O) groups is 2. The van der Waals surface area contributed by atoms with Crippen molar-refractivity contribution in [1.82, 2.24) is 15.1 Å². The highest BCUT2D eigenvalue weighted by Crippen LogP contribution is 2.49. The lowest BCUT2D eigenvalue weighted by atomic mass is 9.96. The number of benzene rings is 1. The third-order valence-corrected chi connectivity index (χ3v) is 10.4. The van der Waals surface area contributed by atoms with Crippen molar-refractivity contribution < 1.29 is 42.5 Å². The van der Waals surface area contributed by atoms with Gasteiger partial charge in [0.25, 0.3) is 5.56 Å². The van der Waals surface area contributed by atoms with Crippen LogP contribution < -0.4 is 26.6 Å². The summed E-state index contributed by atoms with van der Waals surface area (Å²) in [4.78, 5) is 45.6. The molecule has 0 amide bonds. The van der Waals surface area contributed by atoms with E-state index in [2.05, 4.69) is 20.4 Å². The Morgan fingerprint density at radius 1 is 1.29 bits per heavy atom. The third-order valence-electron chi connectivity index (χ3n) is 7.66. The van der Waals surface area contributed by atoms with E-state index in [1.165, 1.54) is 0 Å². The summed E-state index contributed by atoms with van der Waals surface area (Å²) in [6.07, 6.45) is -4.40. The Morgan fingerprint density at radius 3 is 2.73 bits per heavy atom. The molecule has 1 aromatic heterocycles. The first kappa shape index (κ1) is 33.2. The van der Waals surface area contributed by atoms with Gasteiger partial charge in [-0.05, 0) is 33.3 Å². The molecule has 0 spiro atoms. The van der Waals surface area contributed by atoms with E-state index in [4.69, 9.17) is 29.0 Å². The maximum absolute atomic E-state index is 13.9. The van der Waals surface area contributed by atoms with Gasteiger partial charge in [0.1, 0.15) is 18.0 Å². The van der Waals surface area contributed by atoms with Gasteiger partial charge in [0.2, 0.25) is 5.95 Å². The van der Waals surface area contributed by atoms with Crippen LogP contribution >= 0.6 is 19.5 Å². The Kier molecular flexibility index (Phi) is 9.52. The number of fused-ring (bicyclic) bond motifs is 2. The highest BCUT2D eigenvalue weighted by Gasteiger charge is 2.66. The molecule has 0 bridgehead atoms. The molecule has 4 heterocycles. The van der Waals surface area contributed by atoms with Crippen LogP contribution in [0.15, 0.2) is 35.1 Å². The summed E-state index contributed by atoms with van der Waals surface area (Å²) in [5, 5.41) is 15.1. The van der Waals surface area contributed by atoms with Gasteiger partial charge in [-0.1, -0.05) is 42.1 Å². The zero-order chi connectivity index (χ0) is 32.6. The Balaban J connectivity index is 1.32. The Hall–Kier alpha value is -3.18. The summed E-state index contributed by atoms with van der Waals surface area (Å²) < 4.78 is 42.9. The second-order valence-electron chi connectivity index (χ2n) is 11.6. The number of H-pyrrole nitrogens is 1. The van der Waals surface area contributed by atoms with E-state index in [1.807, 2.05) is 30.3 Å². The highest BCUT2D eigenvalue weighted by atomic mass is 32.2. The normalized spacial score (nSPS) is 26.9. The lowest BCUT2D eigenvalue weighted by Gasteiger charge is -2.35. The molecule has 0 aliphatic carbocycles. The number of aromatic nitrogens is 2. The van der Waals surface area contributed by atoms with Crippen molar-refractivity contribution in [2.45, 2.75) is 64.4 Å². The van der Waals surface area contributed by atoms with E-state index in [0.717, 1.165) is 17.3 Å². The number of anilines is 3. The second-order valence-corrected chi connectivity index (χ2v) is 14.5. The van der Waals surface area contributed by atoms with Crippen LogP contribution in [0.1, 0.15) is 33.3 Å². The first-order valence-electron chi connectivity index (χ1n) is 14.2. The summed E-state index contributed by atoms with van der Waals surface area (Å²) in [5.74, 6) is 0.250. The smallest absolute Gasteiger partial charge is 0.424 e. The summed E-state index contributed by atoms with van der Waals surface area (Å²) >= 11 is 0.952. The Bertz CT molecular complexity index is 1530. The van der Waals surface area contributed by atoms with E-state index in [9.17, 15) is 24.1 Å². The topological polar surface area (TPSA) is 217 Å². The molecule has 3 aliphatic rings. The lowest BCUT2D eigenvalue weighted by molar-refractivity contribution is -0.119. The zero-order valence-electron chi connectivity index (χ0n) is 25.2. The van der Waals surface area contributed by atoms with Crippen LogP contribution in [0.25, 0.3) is 0 Å². The lowest BCUT2D eigenvalue weighted by Crippen LogP contribution is -2.55. The predicted molar refractivity (Wildman–Crippen MR) is 164 cm³/mol. The summed E-state index contributed by atoms with van der Waals surface area (Å²) in [5.41, 5.74) is 4.02. The highest BCUT2D eigenvalue weighted by molar-refractivity contribution is 8.13. The Labute approximate surface area is 263 Å². The summed E-state index contributed by atoms with van der Waals surface area (Å²) in [7, 11) is -4.03. The van der Waals surface area contributed by atoms with Crippen molar-refractivity contribution in [2.75, 3.05) is 41.5 Å². The van der Waals surface area contributed by atoms with Crippen molar-refractivity contribution in [3.05, 3.63) is 46.2 Å². The molecule has 3 aliphatic heterocycles. The molecule has 6 N–H and O–H groups in total. The molecule has 18 heteroatoms. The van der Waals surface area contributed by atoms with Gasteiger partial charge in [0, 0.05) is 12.3 Å². The number of hydrogen-bond donors (Lipinski definition) is 5. The van der Waals surface area contributed by atoms with Crippen LogP contribution in [-0.2, 0) is 39.2 Å². The van der Waals surface area contributed by atoms with Crippen molar-refractivity contribution >= 4 is 48.2 Å². The van der Waals surface area contributed by atoms with Gasteiger partial charge in [0.05, 0.1) is 25.2 Å². The van der Waals surface area contributed by atoms with Gasteiger partial charge in [0.15, 0.2) is 28.9 Å². The van der Waals surface area contributed by atoms with Crippen molar-refractivity contribution in [3.8, 4) is 0 Å². The molecule has 4 unspecified atom stereocenters. The minimum Gasteiger partial charge on any atom is -0.424 e. The molecule has 2 saturated heterocycles. The number of nitrogens with two attached hydrogens (primary N) is 1. The average molecular weight is 669 g/mol. The SMILES string of the molecule is CC1Nc2c(nc(N)[nH]c2=O)N1[C@@H]1O[C@H](COP(=O)(NCc2ccccc2)OCCSC(=O)C(C)(C)CO)C2OC(=O)OC21C. The minimum atomic E-state index is -4.03. The van der Waals surface area contributed by atoms with Gasteiger partial charge < -0.3 is 35.3 Å². The molecule has 16 nitrogen and oxygen atoms in total. The molecule has 2 fully saturated rings. The van der Waals surface area contributed by atoms with Crippen LogP contribution in [0, 0.1) is 5.41 Å². The summed E-state index contributed by atoms with van der Waals surface area (Å²) in [6, 6.07) is 9.19. The largest absolute Gasteiger partial charge is 0.509 e. The van der Waals surface area contributed by atoms with Gasteiger partial charge in [-0.15, -0.1) is 0 Å². The molecule has 0 radical (unpaired) electrons. The molecule has 0 saturated carbocycles. The second kappa shape index (κ2) is 12.9. The number of ether oxygens (including phenoxy) is 3. The molecule has 5 rings (SSSR count). The van der Waals surface area contributed by atoms with Crippen LogP contribution in [0.3, 0.4) is 0 Å². The molecular formula is C27H37N6O10PS. The van der Waals surface area contributed by atoms with Gasteiger partial charge in [-0.25, -0.2) is 14.4 Å². The maximum Gasteiger partial charge on any atom is 0.509 e. The fourth-order valence-electron chi connectivity index (χ4n) is 5.17. The number of nitrogens with one attached hydrogen (secondary N) is 3. The van der Waals surface area contributed by atoms with E-state index in [0.29, 0.717) is 0 Å². The number of aromatic amines is 1. The number of thioether (sulfide) groups is 1. The molecule has 246 valence electrons. The number of hydrogen-bond acceptors (Lipinski definition) is 15. The number of nitrogen functional groups attached to an aromatic ring is 1. The van der Waals surface area contributed by atoms with Gasteiger partial charge in [-0.2, -0.15) is 4.98 Å².